The lowest BCUT2D eigenvalue weighted by molar-refractivity contribution is 0.180. The van der Waals surface area contributed by atoms with Crippen molar-refractivity contribution in [1.82, 2.24) is 9.71 Å². The predicted octanol–water partition coefficient (Wildman–Crippen LogP) is 6.08. The highest BCUT2D eigenvalue weighted by atomic mass is 32.2. The van der Waals surface area contributed by atoms with E-state index >= 15 is 0 Å². The van der Waals surface area contributed by atoms with Crippen molar-refractivity contribution in [2.45, 2.75) is 44.9 Å². The number of ether oxygens (including phenoxy) is 1. The number of sulfone groups is 1. The minimum absolute atomic E-state index is 0.00128. The van der Waals surface area contributed by atoms with Crippen molar-refractivity contribution in [2.75, 3.05) is 5.75 Å². The first kappa shape index (κ1) is 22.9. The van der Waals surface area contributed by atoms with Crippen molar-refractivity contribution in [3.05, 3.63) is 72.1 Å². The minimum atomic E-state index is -3.42. The monoisotopic (exact) mass is 464 g/mol. The highest BCUT2D eigenvalue weighted by Crippen LogP contribution is 2.41. The molecule has 2 aromatic carbocycles. The van der Waals surface area contributed by atoms with Crippen LogP contribution >= 0.6 is 0 Å². The summed E-state index contributed by atoms with van der Waals surface area (Å²) in [6.07, 6.45) is 1.61. The zero-order chi connectivity index (χ0) is 24.0. The van der Waals surface area contributed by atoms with Crippen molar-refractivity contribution in [3.63, 3.8) is 0 Å². The average Bonchev–Trinajstić information content (AvgIpc) is 3.26. The lowest BCUT2D eigenvalue weighted by Crippen LogP contribution is -2.10. The third-order valence-corrected chi connectivity index (χ3v) is 7.52. The van der Waals surface area contributed by atoms with E-state index in [2.05, 4.69) is 25.8 Å². The molecular weight excluding hydrogens is 436 g/mol. The van der Waals surface area contributed by atoms with Crippen LogP contribution in [0.3, 0.4) is 0 Å². The molecule has 0 amide bonds. The van der Waals surface area contributed by atoms with E-state index in [1.54, 1.807) is 50.4 Å². The van der Waals surface area contributed by atoms with Crippen LogP contribution in [0.1, 0.15) is 39.0 Å². The predicted molar refractivity (Wildman–Crippen MR) is 129 cm³/mol. The van der Waals surface area contributed by atoms with E-state index in [4.69, 9.17) is 4.74 Å². The summed E-state index contributed by atoms with van der Waals surface area (Å²) in [5.74, 6) is 1.57. The summed E-state index contributed by atoms with van der Waals surface area (Å²) in [6.45, 7) is 9.83. The fraction of sp³-hybridized carbons (Fsp3) is 0.269. The summed E-state index contributed by atoms with van der Waals surface area (Å²) in [7, 11) is -3.42. The Bertz CT molecular complexity index is 1380. The van der Waals surface area contributed by atoms with Crippen molar-refractivity contribution in [1.29, 1.82) is 0 Å². The maximum Gasteiger partial charge on any atom is 0.178 e. The molecule has 0 bridgehead atoms. The van der Waals surface area contributed by atoms with Gasteiger partial charge >= 0.3 is 0 Å². The zero-order valence-corrected chi connectivity index (χ0v) is 20.3. The molecule has 0 fully saturated rings. The molecule has 0 saturated carbocycles. The number of pyridine rings is 1. The van der Waals surface area contributed by atoms with Gasteiger partial charge in [-0.1, -0.05) is 39.8 Å². The van der Waals surface area contributed by atoms with E-state index in [1.807, 2.05) is 24.3 Å². The maximum atomic E-state index is 12.6. The zero-order valence-electron chi connectivity index (χ0n) is 19.5. The standard InChI is InChI=1S/C26H28N2O4S/c1-6-33(30,31)20-11-12-24(32-19-9-7-18(8-10-19)26(3,4)5)23(16-20)22-15-17(2)28(29)25-21(22)13-14-27-25/h7-16,29H,6H2,1-5H3. The molecule has 0 atom stereocenters. The summed E-state index contributed by atoms with van der Waals surface area (Å²) in [4.78, 5) is 4.48. The number of fused-ring (bicyclic) bond motifs is 1. The van der Waals surface area contributed by atoms with Gasteiger partial charge in [-0.15, -0.1) is 0 Å². The van der Waals surface area contributed by atoms with Crippen molar-refractivity contribution < 1.29 is 18.4 Å². The number of hydrogen-bond donors (Lipinski definition) is 1. The minimum Gasteiger partial charge on any atom is -0.457 e. The first-order valence-corrected chi connectivity index (χ1v) is 12.5. The molecular formula is C26H28N2O4S. The molecule has 2 aromatic rings. The molecule has 1 N–H and O–H groups in total. The van der Waals surface area contributed by atoms with E-state index in [0.717, 1.165) is 10.3 Å². The maximum absolute atomic E-state index is 12.6. The van der Waals surface area contributed by atoms with Crippen LogP contribution in [0.15, 0.2) is 65.7 Å². The van der Waals surface area contributed by atoms with Gasteiger partial charge in [-0.3, -0.25) is 0 Å². The molecule has 4 rings (SSSR count). The van der Waals surface area contributed by atoms with Crippen LogP contribution < -0.4 is 4.74 Å². The van der Waals surface area contributed by atoms with Crippen LogP contribution in [-0.2, 0) is 15.3 Å². The highest BCUT2D eigenvalue weighted by Gasteiger charge is 2.22. The molecule has 0 aliphatic carbocycles. The van der Waals surface area contributed by atoms with Crippen LogP contribution in [0.25, 0.3) is 22.5 Å². The van der Waals surface area contributed by atoms with Crippen molar-refractivity contribution in [3.8, 4) is 34.0 Å². The molecule has 0 saturated heterocycles. The van der Waals surface area contributed by atoms with E-state index in [1.165, 1.54) is 5.56 Å². The van der Waals surface area contributed by atoms with Crippen molar-refractivity contribution >= 4 is 9.84 Å². The fourth-order valence-corrected chi connectivity index (χ4v) is 4.67. The molecule has 0 spiro atoms. The lowest BCUT2D eigenvalue weighted by Gasteiger charge is -2.20. The second kappa shape index (κ2) is 8.23. The van der Waals surface area contributed by atoms with Gasteiger partial charge in [0.25, 0.3) is 0 Å². The quantitative estimate of drug-likeness (QED) is 0.362. The molecule has 7 heteroatoms. The normalized spacial score (nSPS) is 12.3. The number of aromatic nitrogens is 2. The van der Waals surface area contributed by atoms with E-state index in [0.29, 0.717) is 34.1 Å². The number of nitrogens with zero attached hydrogens (tertiary/aromatic N) is 2. The fourth-order valence-electron chi connectivity index (χ4n) is 3.76. The van der Waals surface area contributed by atoms with Crippen LogP contribution in [-0.4, -0.2) is 29.1 Å². The number of benzene rings is 2. The van der Waals surface area contributed by atoms with E-state index in [-0.39, 0.29) is 16.1 Å². The first-order valence-electron chi connectivity index (χ1n) is 10.8. The van der Waals surface area contributed by atoms with E-state index < -0.39 is 9.84 Å². The van der Waals surface area contributed by atoms with Crippen LogP contribution in [0.5, 0.6) is 11.5 Å². The molecule has 172 valence electrons. The summed E-state index contributed by atoms with van der Waals surface area (Å²) >= 11 is 0. The summed E-state index contributed by atoms with van der Waals surface area (Å²) < 4.78 is 32.5. The van der Waals surface area contributed by atoms with Gasteiger partial charge in [-0.2, -0.15) is 4.73 Å². The van der Waals surface area contributed by atoms with Gasteiger partial charge in [0.15, 0.2) is 15.7 Å². The third-order valence-electron chi connectivity index (χ3n) is 5.79. The summed E-state index contributed by atoms with van der Waals surface area (Å²) in [6, 6.07) is 16.4. The van der Waals surface area contributed by atoms with E-state index in [9.17, 15) is 13.6 Å². The Morgan fingerprint density at radius 1 is 0.970 bits per heavy atom. The highest BCUT2D eigenvalue weighted by molar-refractivity contribution is 7.91. The van der Waals surface area contributed by atoms with Gasteiger partial charge in [0, 0.05) is 17.3 Å². The number of rotatable bonds is 5. The van der Waals surface area contributed by atoms with Crippen molar-refractivity contribution in [2.24, 2.45) is 0 Å². The van der Waals surface area contributed by atoms with Crippen LogP contribution in [0.2, 0.25) is 0 Å². The molecule has 2 aliphatic rings. The van der Waals surface area contributed by atoms with Gasteiger partial charge in [0.2, 0.25) is 0 Å². The first-order chi connectivity index (χ1) is 15.5. The lowest BCUT2D eigenvalue weighted by atomic mass is 9.87. The second-order valence-electron chi connectivity index (χ2n) is 9.13. The smallest absolute Gasteiger partial charge is 0.178 e. The van der Waals surface area contributed by atoms with Gasteiger partial charge in [0.1, 0.15) is 11.5 Å². The van der Waals surface area contributed by atoms with Crippen LogP contribution in [0.4, 0.5) is 0 Å². The molecule has 6 nitrogen and oxygen atoms in total. The van der Waals surface area contributed by atoms with Gasteiger partial charge in [0.05, 0.1) is 16.3 Å². The topological polar surface area (TPSA) is 81.4 Å². The molecule has 0 unspecified atom stereocenters. The number of aryl methyl sites for hydroxylation is 1. The summed E-state index contributed by atoms with van der Waals surface area (Å²) in [5, 5.41) is 10.4. The molecule has 2 heterocycles. The Hall–Kier alpha value is -3.32. The Labute approximate surface area is 194 Å². The molecule has 0 aromatic heterocycles. The Morgan fingerprint density at radius 2 is 1.67 bits per heavy atom. The number of hydrogen-bond acceptors (Lipinski definition) is 5. The summed E-state index contributed by atoms with van der Waals surface area (Å²) in [5.41, 5.74) is 3.83. The van der Waals surface area contributed by atoms with Crippen LogP contribution in [0, 0.1) is 6.92 Å². The molecule has 33 heavy (non-hydrogen) atoms. The average molecular weight is 465 g/mol. The SMILES string of the molecule is CCS(=O)(=O)c1ccc(Oc2ccc(C(C)(C)C)cc2)c(-c2cc(C)n(O)c3nccc2-3)c1. The second-order valence-corrected chi connectivity index (χ2v) is 11.4. The van der Waals surface area contributed by atoms with Gasteiger partial charge < -0.3 is 9.94 Å². The molecule has 2 aliphatic heterocycles. The third kappa shape index (κ3) is 4.33. The van der Waals surface area contributed by atoms with Gasteiger partial charge in [-0.05, 0) is 65.9 Å². The Morgan fingerprint density at radius 3 is 2.30 bits per heavy atom. The Kier molecular flexibility index (Phi) is 5.70. The Balaban J connectivity index is 1.87. The van der Waals surface area contributed by atoms with Gasteiger partial charge in [-0.25, -0.2) is 13.4 Å². The largest absolute Gasteiger partial charge is 0.457 e. The molecule has 0 radical (unpaired) electrons.